The first-order valence-electron chi connectivity index (χ1n) is 8.71. The maximum atomic E-state index is 4.88. The second-order valence-corrected chi connectivity index (χ2v) is 7.39. The SMILES string of the molecule is CN(CCSc1ccccc1)c1nc(-c2ccncc2)nc2c1CNC2. The molecule has 0 spiro atoms. The Morgan fingerprint density at radius 1 is 1.04 bits per heavy atom. The lowest BCUT2D eigenvalue weighted by Crippen LogP contribution is -2.23. The predicted molar refractivity (Wildman–Crippen MR) is 106 cm³/mol. The Balaban J connectivity index is 1.54. The topological polar surface area (TPSA) is 53.9 Å². The van der Waals surface area contributed by atoms with Crippen molar-refractivity contribution >= 4 is 17.6 Å². The van der Waals surface area contributed by atoms with E-state index < -0.39 is 0 Å². The second kappa shape index (κ2) is 7.85. The molecule has 0 aliphatic carbocycles. The Hall–Kier alpha value is -2.44. The number of hydrogen-bond acceptors (Lipinski definition) is 6. The summed E-state index contributed by atoms with van der Waals surface area (Å²) in [7, 11) is 2.11. The van der Waals surface area contributed by atoms with Crippen LogP contribution >= 0.6 is 11.8 Å². The largest absolute Gasteiger partial charge is 0.358 e. The smallest absolute Gasteiger partial charge is 0.161 e. The molecule has 1 aromatic carbocycles. The van der Waals surface area contributed by atoms with Crippen LogP contribution in [0.1, 0.15) is 11.3 Å². The van der Waals surface area contributed by atoms with Crippen molar-refractivity contribution in [3.63, 3.8) is 0 Å². The number of anilines is 1. The third kappa shape index (κ3) is 3.71. The van der Waals surface area contributed by atoms with Crippen molar-refractivity contribution in [1.29, 1.82) is 0 Å². The van der Waals surface area contributed by atoms with Crippen LogP contribution in [-0.2, 0) is 13.1 Å². The van der Waals surface area contributed by atoms with E-state index >= 15 is 0 Å². The summed E-state index contributed by atoms with van der Waals surface area (Å²) in [5.74, 6) is 2.81. The van der Waals surface area contributed by atoms with Crippen molar-refractivity contribution in [1.82, 2.24) is 20.3 Å². The van der Waals surface area contributed by atoms with Crippen molar-refractivity contribution in [2.24, 2.45) is 0 Å². The van der Waals surface area contributed by atoms with E-state index in [2.05, 4.69) is 46.5 Å². The first-order valence-corrected chi connectivity index (χ1v) is 9.70. The first-order chi connectivity index (χ1) is 12.8. The zero-order valence-electron chi connectivity index (χ0n) is 14.7. The lowest BCUT2D eigenvalue weighted by molar-refractivity contribution is 0.757. The molecule has 0 fully saturated rings. The maximum Gasteiger partial charge on any atom is 0.161 e. The summed E-state index contributed by atoms with van der Waals surface area (Å²) < 4.78 is 0. The van der Waals surface area contributed by atoms with Gasteiger partial charge in [-0.05, 0) is 24.3 Å². The molecule has 1 N–H and O–H groups in total. The molecule has 3 heterocycles. The summed E-state index contributed by atoms with van der Waals surface area (Å²) in [5, 5.41) is 3.40. The van der Waals surface area contributed by atoms with E-state index in [0.717, 1.165) is 48.3 Å². The molecule has 0 atom stereocenters. The fourth-order valence-electron chi connectivity index (χ4n) is 3.02. The van der Waals surface area contributed by atoms with E-state index in [4.69, 9.17) is 9.97 Å². The Morgan fingerprint density at radius 2 is 1.85 bits per heavy atom. The highest BCUT2D eigenvalue weighted by molar-refractivity contribution is 7.99. The molecule has 0 unspecified atom stereocenters. The summed E-state index contributed by atoms with van der Waals surface area (Å²) in [6, 6.07) is 14.4. The van der Waals surface area contributed by atoms with E-state index in [0.29, 0.717) is 0 Å². The highest BCUT2D eigenvalue weighted by atomic mass is 32.2. The van der Waals surface area contributed by atoms with Gasteiger partial charge in [-0.15, -0.1) is 11.8 Å². The van der Waals surface area contributed by atoms with Crippen molar-refractivity contribution in [3.8, 4) is 11.4 Å². The monoisotopic (exact) mass is 363 g/mol. The van der Waals surface area contributed by atoms with Gasteiger partial charge in [0.2, 0.25) is 0 Å². The molecule has 26 heavy (non-hydrogen) atoms. The number of benzene rings is 1. The van der Waals surface area contributed by atoms with Crippen LogP contribution in [0, 0.1) is 0 Å². The van der Waals surface area contributed by atoms with Gasteiger partial charge in [0.15, 0.2) is 5.82 Å². The number of pyridine rings is 1. The maximum absolute atomic E-state index is 4.88. The van der Waals surface area contributed by atoms with Gasteiger partial charge in [-0.3, -0.25) is 4.98 Å². The highest BCUT2D eigenvalue weighted by Gasteiger charge is 2.21. The molecule has 1 aliphatic heterocycles. The van der Waals surface area contributed by atoms with Crippen molar-refractivity contribution in [2.45, 2.75) is 18.0 Å². The van der Waals surface area contributed by atoms with Crippen LogP contribution in [0.2, 0.25) is 0 Å². The fraction of sp³-hybridized carbons (Fsp3) is 0.250. The lowest BCUT2D eigenvalue weighted by atomic mass is 10.2. The number of aromatic nitrogens is 3. The molecule has 3 aromatic rings. The number of fused-ring (bicyclic) bond motifs is 1. The Labute approximate surface area is 157 Å². The third-order valence-corrected chi connectivity index (χ3v) is 5.40. The predicted octanol–water partition coefficient (Wildman–Crippen LogP) is 3.37. The van der Waals surface area contributed by atoms with Gasteiger partial charge in [-0.25, -0.2) is 9.97 Å². The minimum Gasteiger partial charge on any atom is -0.358 e. The van der Waals surface area contributed by atoms with Crippen LogP contribution in [0.5, 0.6) is 0 Å². The average molecular weight is 363 g/mol. The van der Waals surface area contributed by atoms with Gasteiger partial charge in [0, 0.05) is 60.9 Å². The number of thioether (sulfide) groups is 1. The van der Waals surface area contributed by atoms with Crippen LogP contribution in [0.25, 0.3) is 11.4 Å². The van der Waals surface area contributed by atoms with E-state index in [1.807, 2.05) is 30.0 Å². The van der Waals surface area contributed by atoms with Gasteiger partial charge in [0.1, 0.15) is 5.82 Å². The third-order valence-electron chi connectivity index (χ3n) is 4.40. The number of nitrogens with one attached hydrogen (secondary N) is 1. The van der Waals surface area contributed by atoms with Crippen molar-refractivity contribution in [3.05, 3.63) is 66.1 Å². The van der Waals surface area contributed by atoms with Gasteiger partial charge in [-0.2, -0.15) is 0 Å². The quantitative estimate of drug-likeness (QED) is 0.678. The molecular weight excluding hydrogens is 342 g/mol. The van der Waals surface area contributed by atoms with Crippen LogP contribution in [0.3, 0.4) is 0 Å². The first kappa shape index (κ1) is 17.0. The molecule has 0 saturated heterocycles. The Morgan fingerprint density at radius 3 is 2.65 bits per heavy atom. The minimum absolute atomic E-state index is 0.771. The molecule has 0 amide bonds. The van der Waals surface area contributed by atoms with E-state index in [1.54, 1.807) is 12.4 Å². The highest BCUT2D eigenvalue weighted by Crippen LogP contribution is 2.28. The average Bonchev–Trinajstić information content (AvgIpc) is 3.17. The summed E-state index contributed by atoms with van der Waals surface area (Å²) >= 11 is 1.87. The molecule has 132 valence electrons. The zero-order chi connectivity index (χ0) is 17.8. The molecule has 1 aliphatic rings. The van der Waals surface area contributed by atoms with E-state index in [1.165, 1.54) is 10.5 Å². The molecule has 0 saturated carbocycles. The lowest BCUT2D eigenvalue weighted by Gasteiger charge is -2.21. The van der Waals surface area contributed by atoms with Crippen molar-refractivity contribution in [2.75, 3.05) is 24.2 Å². The van der Waals surface area contributed by atoms with Gasteiger partial charge in [0.05, 0.1) is 5.69 Å². The molecular formula is C20H21N5S. The van der Waals surface area contributed by atoms with Crippen molar-refractivity contribution < 1.29 is 0 Å². The standard InChI is InChI=1S/C20H21N5S/c1-25(11-12-26-16-5-3-2-4-6-16)20-17-13-22-14-18(17)23-19(24-20)15-7-9-21-10-8-15/h2-10,22H,11-14H2,1H3. The van der Waals surface area contributed by atoms with Gasteiger partial charge < -0.3 is 10.2 Å². The van der Waals surface area contributed by atoms with Gasteiger partial charge in [-0.1, -0.05) is 18.2 Å². The fourth-order valence-corrected chi connectivity index (χ4v) is 3.97. The summed E-state index contributed by atoms with van der Waals surface area (Å²) in [6.07, 6.45) is 3.56. The van der Waals surface area contributed by atoms with Crippen LogP contribution < -0.4 is 10.2 Å². The summed E-state index contributed by atoms with van der Waals surface area (Å²) in [5.41, 5.74) is 3.32. The zero-order valence-corrected chi connectivity index (χ0v) is 15.5. The molecule has 6 heteroatoms. The number of rotatable bonds is 6. The van der Waals surface area contributed by atoms with E-state index in [9.17, 15) is 0 Å². The number of hydrogen-bond donors (Lipinski definition) is 1. The summed E-state index contributed by atoms with van der Waals surface area (Å²) in [4.78, 5) is 17.3. The van der Waals surface area contributed by atoms with Crippen LogP contribution in [-0.4, -0.2) is 34.3 Å². The van der Waals surface area contributed by atoms with E-state index in [-0.39, 0.29) is 0 Å². The molecule has 2 aromatic heterocycles. The Bertz CT molecular complexity index is 870. The Kier molecular flexibility index (Phi) is 5.13. The van der Waals surface area contributed by atoms with Crippen LogP contribution in [0.4, 0.5) is 5.82 Å². The minimum atomic E-state index is 0.771. The van der Waals surface area contributed by atoms with Gasteiger partial charge >= 0.3 is 0 Å². The second-order valence-electron chi connectivity index (χ2n) is 6.22. The van der Waals surface area contributed by atoms with Crippen LogP contribution in [0.15, 0.2) is 59.8 Å². The molecule has 0 radical (unpaired) electrons. The molecule has 0 bridgehead atoms. The van der Waals surface area contributed by atoms with Gasteiger partial charge in [0.25, 0.3) is 0 Å². The summed E-state index contributed by atoms with van der Waals surface area (Å²) in [6.45, 7) is 2.56. The normalized spacial score (nSPS) is 12.8. The number of nitrogens with zero attached hydrogens (tertiary/aromatic N) is 4. The molecule has 4 rings (SSSR count). The molecule has 5 nitrogen and oxygen atoms in total.